The van der Waals surface area contributed by atoms with Gasteiger partial charge in [-0.05, 0) is 43.2 Å². The van der Waals surface area contributed by atoms with Crippen molar-refractivity contribution in [3.63, 3.8) is 0 Å². The van der Waals surface area contributed by atoms with Crippen LogP contribution in [0, 0.1) is 18.6 Å². The smallest absolute Gasteiger partial charge is 0.249 e. The fourth-order valence-corrected chi connectivity index (χ4v) is 4.60. The van der Waals surface area contributed by atoms with Crippen molar-refractivity contribution < 1.29 is 22.0 Å². The maximum Gasteiger partial charge on any atom is 0.249 e. The van der Waals surface area contributed by atoms with Gasteiger partial charge in [-0.3, -0.25) is 4.79 Å². The van der Waals surface area contributed by atoms with Crippen LogP contribution in [0.5, 0.6) is 0 Å². The summed E-state index contributed by atoms with van der Waals surface area (Å²) < 4.78 is 50.2. The first kappa shape index (κ1) is 21.0. The Hall–Kier alpha value is -2.69. The van der Waals surface area contributed by atoms with Crippen LogP contribution in [-0.2, 0) is 14.8 Å². The lowest BCUT2D eigenvalue weighted by Gasteiger charge is -2.12. The number of aryl methyl sites for hydroxylation is 1. The number of hydrogen-bond acceptors (Lipinski definition) is 5. The largest absolute Gasteiger partial charge is 0.301 e. The Bertz CT molecular complexity index is 1180. The fraction of sp³-hybridized carbons (Fsp3) is 0.158. The van der Waals surface area contributed by atoms with Gasteiger partial charge in [-0.2, -0.15) is 0 Å². The first-order chi connectivity index (χ1) is 13.6. The van der Waals surface area contributed by atoms with Crippen LogP contribution in [0.2, 0.25) is 0 Å². The van der Waals surface area contributed by atoms with E-state index in [1.807, 2.05) is 0 Å². The molecule has 0 aliphatic heterocycles. The molecule has 0 bridgehead atoms. The van der Waals surface area contributed by atoms with Gasteiger partial charge in [-0.1, -0.05) is 35.6 Å². The van der Waals surface area contributed by atoms with E-state index in [9.17, 15) is 22.0 Å². The summed E-state index contributed by atoms with van der Waals surface area (Å²) in [6.45, 7) is 3.15. The van der Waals surface area contributed by atoms with E-state index in [4.69, 9.17) is 5.14 Å². The number of rotatable bonds is 5. The molecule has 2 aromatic carbocycles. The molecule has 1 atom stereocenters. The second kappa shape index (κ2) is 7.97. The SMILES string of the molecule is Cc1nc(NC(=O)C(C)c2ccc(-c3cc(F)ccc3F)cc2)sc1S(N)(=O)=O. The zero-order valence-corrected chi connectivity index (χ0v) is 17.1. The highest BCUT2D eigenvalue weighted by Crippen LogP contribution is 2.29. The summed E-state index contributed by atoms with van der Waals surface area (Å²) in [5.74, 6) is -2.08. The van der Waals surface area contributed by atoms with Crippen molar-refractivity contribution >= 4 is 32.4 Å². The lowest BCUT2D eigenvalue weighted by Crippen LogP contribution is -2.18. The number of nitrogens with zero attached hydrogens (tertiary/aromatic N) is 1. The summed E-state index contributed by atoms with van der Waals surface area (Å²) in [6, 6.07) is 9.70. The Morgan fingerprint density at radius 3 is 2.41 bits per heavy atom. The molecule has 0 fully saturated rings. The second-order valence-electron chi connectivity index (χ2n) is 6.39. The minimum atomic E-state index is -3.91. The number of benzene rings is 2. The quantitative estimate of drug-likeness (QED) is 0.634. The molecule has 0 aliphatic rings. The Morgan fingerprint density at radius 2 is 1.83 bits per heavy atom. The van der Waals surface area contributed by atoms with E-state index in [1.54, 1.807) is 31.2 Å². The molecule has 10 heteroatoms. The summed E-state index contributed by atoms with van der Waals surface area (Å²) in [5, 5.41) is 7.82. The van der Waals surface area contributed by atoms with Crippen LogP contribution in [0.4, 0.5) is 13.9 Å². The lowest BCUT2D eigenvalue weighted by atomic mass is 9.96. The van der Waals surface area contributed by atoms with E-state index >= 15 is 0 Å². The molecule has 152 valence electrons. The minimum absolute atomic E-state index is 0.109. The summed E-state index contributed by atoms with van der Waals surface area (Å²) in [4.78, 5) is 16.5. The van der Waals surface area contributed by atoms with Crippen molar-refractivity contribution in [2.75, 3.05) is 5.32 Å². The van der Waals surface area contributed by atoms with Gasteiger partial charge >= 0.3 is 0 Å². The van der Waals surface area contributed by atoms with Crippen LogP contribution in [0.1, 0.15) is 24.1 Å². The van der Waals surface area contributed by atoms with Crippen molar-refractivity contribution in [1.29, 1.82) is 0 Å². The predicted molar refractivity (Wildman–Crippen MR) is 107 cm³/mol. The monoisotopic (exact) mass is 437 g/mol. The van der Waals surface area contributed by atoms with Crippen LogP contribution in [-0.4, -0.2) is 19.3 Å². The molecule has 29 heavy (non-hydrogen) atoms. The van der Waals surface area contributed by atoms with Crippen LogP contribution in [0.15, 0.2) is 46.7 Å². The van der Waals surface area contributed by atoms with E-state index < -0.39 is 33.5 Å². The average molecular weight is 437 g/mol. The molecular formula is C19H17F2N3O3S2. The van der Waals surface area contributed by atoms with Gasteiger partial charge in [-0.25, -0.2) is 27.3 Å². The van der Waals surface area contributed by atoms with Crippen molar-refractivity contribution in [2.45, 2.75) is 24.0 Å². The van der Waals surface area contributed by atoms with Crippen LogP contribution < -0.4 is 10.5 Å². The van der Waals surface area contributed by atoms with Gasteiger partial charge in [0.2, 0.25) is 15.9 Å². The highest BCUT2D eigenvalue weighted by atomic mass is 32.2. The number of carbonyl (C=O) groups excluding carboxylic acids is 1. The summed E-state index contributed by atoms with van der Waals surface area (Å²) in [7, 11) is -3.91. The molecular weight excluding hydrogens is 420 g/mol. The Balaban J connectivity index is 1.77. The summed E-state index contributed by atoms with van der Waals surface area (Å²) >= 11 is 0.777. The van der Waals surface area contributed by atoms with E-state index in [1.165, 1.54) is 6.92 Å². The van der Waals surface area contributed by atoms with Gasteiger partial charge in [0.05, 0.1) is 11.6 Å². The first-order valence-corrected chi connectivity index (χ1v) is 10.8. The number of sulfonamides is 1. The molecule has 1 aromatic heterocycles. The summed E-state index contributed by atoms with van der Waals surface area (Å²) in [6.07, 6.45) is 0. The van der Waals surface area contributed by atoms with E-state index in [2.05, 4.69) is 10.3 Å². The standard InChI is InChI=1S/C19H17F2N3O3S2/c1-10(17(25)24-19-23-11(2)18(28-19)29(22,26)27)12-3-5-13(6-4-12)15-9-14(20)7-8-16(15)21/h3-10H,1-2H3,(H2,22,26,27)(H,23,24,25). The van der Waals surface area contributed by atoms with E-state index in [0.717, 1.165) is 29.5 Å². The number of amides is 1. The molecule has 0 saturated carbocycles. The molecule has 3 N–H and O–H groups in total. The molecule has 3 aromatic rings. The number of thiazole rings is 1. The highest BCUT2D eigenvalue weighted by Gasteiger charge is 2.21. The average Bonchev–Trinajstić information content (AvgIpc) is 3.04. The molecule has 1 amide bonds. The molecule has 1 unspecified atom stereocenters. The van der Waals surface area contributed by atoms with Crippen LogP contribution in [0.25, 0.3) is 11.1 Å². The lowest BCUT2D eigenvalue weighted by molar-refractivity contribution is -0.117. The zero-order valence-electron chi connectivity index (χ0n) is 15.4. The molecule has 0 spiro atoms. The van der Waals surface area contributed by atoms with E-state index in [0.29, 0.717) is 11.1 Å². The molecule has 6 nitrogen and oxygen atoms in total. The van der Waals surface area contributed by atoms with E-state index in [-0.39, 0.29) is 20.6 Å². The van der Waals surface area contributed by atoms with Crippen molar-refractivity contribution in [3.05, 3.63) is 65.4 Å². The molecule has 3 rings (SSSR count). The number of hydrogen-bond donors (Lipinski definition) is 2. The van der Waals surface area contributed by atoms with Crippen molar-refractivity contribution in [1.82, 2.24) is 4.98 Å². The number of halogens is 2. The second-order valence-corrected chi connectivity index (χ2v) is 9.15. The van der Waals surface area contributed by atoms with Crippen molar-refractivity contribution in [3.8, 4) is 11.1 Å². The predicted octanol–water partition coefficient (Wildman–Crippen LogP) is 3.79. The van der Waals surface area contributed by atoms with Gasteiger partial charge in [-0.15, -0.1) is 0 Å². The molecule has 0 radical (unpaired) electrons. The number of carbonyl (C=O) groups is 1. The maximum atomic E-state index is 13.9. The van der Waals surface area contributed by atoms with Gasteiger partial charge in [0, 0.05) is 5.56 Å². The summed E-state index contributed by atoms with van der Waals surface area (Å²) in [5.41, 5.74) is 1.46. The van der Waals surface area contributed by atoms with Gasteiger partial charge in [0.1, 0.15) is 11.6 Å². The highest BCUT2D eigenvalue weighted by molar-refractivity contribution is 7.91. The minimum Gasteiger partial charge on any atom is -0.301 e. The topological polar surface area (TPSA) is 102 Å². The number of nitrogens with two attached hydrogens (primary N) is 1. The fourth-order valence-electron chi connectivity index (χ4n) is 2.73. The number of nitrogens with one attached hydrogen (secondary N) is 1. The Morgan fingerprint density at radius 1 is 1.17 bits per heavy atom. The van der Waals surface area contributed by atoms with Gasteiger partial charge < -0.3 is 5.32 Å². The Kier molecular flexibility index (Phi) is 5.78. The zero-order chi connectivity index (χ0) is 21.3. The number of aromatic nitrogens is 1. The normalized spacial score (nSPS) is 12.6. The first-order valence-electron chi connectivity index (χ1n) is 8.42. The molecule has 1 heterocycles. The molecule has 0 saturated heterocycles. The van der Waals surface area contributed by atoms with Gasteiger partial charge in [0.15, 0.2) is 9.34 Å². The number of anilines is 1. The van der Waals surface area contributed by atoms with Crippen LogP contribution in [0.3, 0.4) is 0 Å². The van der Waals surface area contributed by atoms with Crippen molar-refractivity contribution in [2.24, 2.45) is 5.14 Å². The Labute approximate surface area is 170 Å². The van der Waals surface area contributed by atoms with Crippen LogP contribution >= 0.6 is 11.3 Å². The third-order valence-corrected chi connectivity index (χ3v) is 6.91. The molecule has 0 aliphatic carbocycles. The maximum absolute atomic E-state index is 13.9. The third kappa shape index (κ3) is 4.66. The third-order valence-electron chi connectivity index (χ3n) is 4.29. The number of primary sulfonamides is 1. The van der Waals surface area contributed by atoms with Gasteiger partial charge in [0.25, 0.3) is 0 Å².